The van der Waals surface area contributed by atoms with Crippen LogP contribution in [0.3, 0.4) is 0 Å². The second-order valence-electron chi connectivity index (χ2n) is 0. The normalized spacial score (nSPS) is 0.800. The van der Waals surface area contributed by atoms with Crippen LogP contribution in [-0.2, 0) is 40.2 Å². The van der Waals surface area contributed by atoms with Crippen LogP contribution in [0.15, 0.2) is 0 Å². The van der Waals surface area contributed by atoms with E-state index in [0.29, 0.717) is 19.8 Å². The van der Waals surface area contributed by atoms with E-state index in [-0.39, 0.29) is 85.6 Å². The third-order valence-corrected chi connectivity index (χ3v) is 0. The molecule has 0 fully saturated rings. The largest absolute Gasteiger partial charge is 0 e. The number of hydrogen-bond acceptors (Lipinski definition) is 1. The summed E-state index contributed by atoms with van der Waals surface area (Å²) in [6.07, 6.45) is 0. The van der Waals surface area contributed by atoms with Gasteiger partial charge >= 0.3 is 23.2 Å². The molecule has 0 spiro atoms. The van der Waals surface area contributed by atoms with E-state index in [4.69, 9.17) is 3.40 Å². The first-order valence-electron chi connectivity index (χ1n) is 0.167. The average Bonchev–Trinajstić information content (AvgIpc) is 1.00. The monoisotopic (exact) mass is 281 g/mol. The molecule has 0 rings (SSSR count). The van der Waals surface area contributed by atoms with E-state index in [2.05, 4.69) is 0 Å². The summed E-state index contributed by atoms with van der Waals surface area (Å²) in [6, 6.07) is 0. The SMILES string of the molecule is [Mg].[Mn].[O]=[Mo].[Sr]. The van der Waals surface area contributed by atoms with Crippen molar-refractivity contribution in [2.75, 3.05) is 0 Å². The first-order valence-corrected chi connectivity index (χ1v) is 0.986. The van der Waals surface area contributed by atoms with Crippen molar-refractivity contribution in [2.45, 2.75) is 0 Å². The zero-order valence-corrected chi connectivity index (χ0v) is 10.7. The fourth-order valence-corrected chi connectivity index (χ4v) is 0. The van der Waals surface area contributed by atoms with Crippen LogP contribution in [0.1, 0.15) is 0 Å². The van der Waals surface area contributed by atoms with Crippen LogP contribution in [0.4, 0.5) is 0 Å². The summed E-state index contributed by atoms with van der Waals surface area (Å²) in [5.74, 6) is 0. The van der Waals surface area contributed by atoms with Crippen molar-refractivity contribution < 1.29 is 40.2 Å². The van der Waals surface area contributed by atoms with Crippen LogP contribution in [0.2, 0.25) is 0 Å². The Morgan fingerprint density at radius 3 is 1.20 bits per heavy atom. The van der Waals surface area contributed by atoms with Crippen molar-refractivity contribution in [3.8, 4) is 0 Å². The van der Waals surface area contributed by atoms with E-state index in [9.17, 15) is 0 Å². The second kappa shape index (κ2) is 26.8. The van der Waals surface area contributed by atoms with Gasteiger partial charge in [-0.1, -0.05) is 0 Å². The molecule has 0 saturated heterocycles. The Bertz CT molecular complexity index is 11.6. The second-order valence-corrected chi connectivity index (χ2v) is 0. The molecule has 0 unspecified atom stereocenters. The maximum atomic E-state index is 8.26. The van der Waals surface area contributed by atoms with Crippen LogP contribution in [-0.4, -0.2) is 68.5 Å². The standard InChI is InChI=1S/Mg.Mn.Mo.O.Sr. The summed E-state index contributed by atoms with van der Waals surface area (Å²) >= 11 is 0.700. The van der Waals surface area contributed by atoms with Crippen LogP contribution >= 0.6 is 0 Å². The molecule has 23 valence electrons. The van der Waals surface area contributed by atoms with Crippen molar-refractivity contribution in [2.24, 2.45) is 0 Å². The van der Waals surface area contributed by atoms with Gasteiger partial charge in [0.1, 0.15) is 0 Å². The fraction of sp³-hybridized carbons (Fsp3) is 0. The van der Waals surface area contributed by atoms with Gasteiger partial charge in [-0.15, -0.1) is 0 Å². The van der Waals surface area contributed by atoms with Crippen LogP contribution < -0.4 is 0 Å². The molecule has 0 aromatic heterocycles. The summed E-state index contributed by atoms with van der Waals surface area (Å²) in [6.45, 7) is 0. The van der Waals surface area contributed by atoms with Gasteiger partial charge in [-0.2, -0.15) is 0 Å². The quantitative estimate of drug-likeness (QED) is 0.526. The Labute approximate surface area is 106 Å². The van der Waals surface area contributed by atoms with Gasteiger partial charge in [0.15, 0.2) is 0 Å². The van der Waals surface area contributed by atoms with Gasteiger partial charge in [-0.3, -0.25) is 0 Å². The van der Waals surface area contributed by atoms with Gasteiger partial charge in [0, 0.05) is 85.6 Å². The minimum Gasteiger partial charge on any atom is 0 e. The zero-order chi connectivity index (χ0) is 2.00. The Hall–Kier alpha value is 3.25. The number of rotatable bonds is 0. The van der Waals surface area contributed by atoms with Crippen LogP contribution in [0.25, 0.3) is 0 Å². The Balaban J connectivity index is -0.00000000167. The molecule has 0 bridgehead atoms. The van der Waals surface area contributed by atoms with Gasteiger partial charge < -0.3 is 0 Å². The topological polar surface area (TPSA) is 17.1 Å². The van der Waals surface area contributed by atoms with E-state index in [1.165, 1.54) is 0 Å². The summed E-state index contributed by atoms with van der Waals surface area (Å²) in [5, 5.41) is 0. The summed E-state index contributed by atoms with van der Waals surface area (Å²) in [4.78, 5) is 0. The van der Waals surface area contributed by atoms with Crippen LogP contribution in [0.5, 0.6) is 0 Å². The minimum absolute atomic E-state index is 0. The molecule has 0 aromatic rings. The van der Waals surface area contributed by atoms with E-state index < -0.39 is 0 Å². The fourth-order valence-electron chi connectivity index (χ4n) is 0. The van der Waals surface area contributed by atoms with Gasteiger partial charge in [0.25, 0.3) is 0 Å². The molecule has 0 saturated carbocycles. The molecule has 0 aliphatic rings. The van der Waals surface area contributed by atoms with Crippen molar-refractivity contribution >= 4 is 68.5 Å². The molecule has 0 amide bonds. The third kappa shape index (κ3) is 18.9. The molecule has 0 N–H and O–H groups in total. The van der Waals surface area contributed by atoms with Crippen molar-refractivity contribution in [3.05, 3.63) is 0 Å². The maximum absolute atomic E-state index is 8.26. The van der Waals surface area contributed by atoms with Crippen molar-refractivity contribution in [1.82, 2.24) is 0 Å². The Morgan fingerprint density at radius 1 is 1.20 bits per heavy atom. The third-order valence-electron chi connectivity index (χ3n) is 0. The van der Waals surface area contributed by atoms with Crippen molar-refractivity contribution in [3.63, 3.8) is 0 Å². The molecular formula is MgMnMoOSr. The zero-order valence-electron chi connectivity index (χ0n) is 2.61. The molecule has 0 aliphatic heterocycles. The first kappa shape index (κ1) is 24.0. The Morgan fingerprint density at radius 2 is 1.20 bits per heavy atom. The molecule has 1 nitrogen and oxygen atoms in total. The molecule has 0 atom stereocenters. The van der Waals surface area contributed by atoms with Gasteiger partial charge in [0.2, 0.25) is 0 Å². The van der Waals surface area contributed by atoms with Crippen molar-refractivity contribution in [1.29, 1.82) is 0 Å². The van der Waals surface area contributed by atoms with Gasteiger partial charge in [-0.25, -0.2) is 0 Å². The molecule has 0 heterocycles. The average molecular weight is 279 g/mol. The number of hydrogen-bond donors (Lipinski definition) is 0. The van der Waals surface area contributed by atoms with E-state index >= 15 is 0 Å². The van der Waals surface area contributed by atoms with Crippen LogP contribution in [0, 0.1) is 0 Å². The molecule has 5 radical (unpaired) electrons. The minimum atomic E-state index is 0. The summed E-state index contributed by atoms with van der Waals surface area (Å²) in [5.41, 5.74) is 0. The van der Waals surface area contributed by atoms with E-state index in [1.54, 1.807) is 0 Å². The van der Waals surface area contributed by atoms with E-state index in [1.807, 2.05) is 0 Å². The summed E-state index contributed by atoms with van der Waals surface area (Å²) in [7, 11) is 0. The summed E-state index contributed by atoms with van der Waals surface area (Å²) < 4.78 is 8.26. The molecule has 5 heavy (non-hydrogen) atoms. The predicted molar refractivity (Wildman–Crippen MR) is 12.2 cm³/mol. The molecule has 0 aromatic carbocycles. The van der Waals surface area contributed by atoms with Gasteiger partial charge in [-0.05, 0) is 0 Å². The molecule has 5 heteroatoms. The molecule has 0 aliphatic carbocycles. The first-order chi connectivity index (χ1) is 1.00. The maximum Gasteiger partial charge on any atom is 0 e. The Kier molecular flexibility index (Phi) is 129. The van der Waals surface area contributed by atoms with E-state index in [0.717, 1.165) is 0 Å². The smallest absolute Gasteiger partial charge is 0 e. The molecular weight excluding hydrogens is 279 g/mol. The predicted octanol–water partition coefficient (Wildman–Crippen LogP) is -0.885. The van der Waals surface area contributed by atoms with Gasteiger partial charge in [0.05, 0.1) is 0 Å².